The Morgan fingerprint density at radius 2 is 1.64 bits per heavy atom. The number of hydrogen-bond acceptors (Lipinski definition) is 6. The molecule has 0 bridgehead atoms. The van der Waals surface area contributed by atoms with E-state index in [1.54, 1.807) is 24.3 Å². The number of methoxy groups -OCH3 is 3. The molecule has 0 amide bonds. The first kappa shape index (κ1) is 17.1. The fraction of sp³-hybridized carbons (Fsp3) is 0.176. The third-order valence-corrected chi connectivity index (χ3v) is 3.89. The second-order valence-corrected chi connectivity index (χ2v) is 5.49. The minimum absolute atomic E-state index is 0.314. The molecule has 1 aromatic heterocycles. The van der Waals surface area contributed by atoms with E-state index in [4.69, 9.17) is 14.2 Å². The Labute approximate surface area is 149 Å². The number of aromatic nitrogens is 3. The third kappa shape index (κ3) is 3.25. The average Bonchev–Trinajstić information content (AvgIpc) is 3.07. The van der Waals surface area contributed by atoms with Gasteiger partial charge in [0, 0.05) is 11.1 Å². The number of rotatable bonds is 5. The molecule has 130 valence electrons. The number of halogens is 1. The summed E-state index contributed by atoms with van der Waals surface area (Å²) in [4.78, 5) is 4.15. The minimum atomic E-state index is -0.386. The molecule has 1 N–H and O–H groups in total. The van der Waals surface area contributed by atoms with Crippen LogP contribution in [0.25, 0.3) is 22.5 Å². The maximum Gasteiger partial charge on any atom is 0.205 e. The van der Waals surface area contributed by atoms with Gasteiger partial charge < -0.3 is 14.2 Å². The van der Waals surface area contributed by atoms with Crippen LogP contribution in [0.2, 0.25) is 0 Å². The fourth-order valence-corrected chi connectivity index (χ4v) is 2.66. The van der Waals surface area contributed by atoms with Crippen LogP contribution in [0.1, 0.15) is 0 Å². The molecule has 0 aliphatic carbocycles. The number of H-pyrrole nitrogens is 1. The van der Waals surface area contributed by atoms with E-state index in [-0.39, 0.29) is 5.82 Å². The van der Waals surface area contributed by atoms with Crippen molar-refractivity contribution in [2.75, 3.05) is 21.3 Å². The molecule has 6 nitrogen and oxygen atoms in total. The summed E-state index contributed by atoms with van der Waals surface area (Å²) in [5, 5.41) is 6.94. The number of nitrogens with zero attached hydrogens (tertiary/aromatic N) is 2. The summed E-state index contributed by atoms with van der Waals surface area (Å²) in [6.07, 6.45) is 0. The highest BCUT2D eigenvalue weighted by atomic mass is 32.1. The highest BCUT2D eigenvalue weighted by Gasteiger charge is 2.17. The zero-order valence-electron chi connectivity index (χ0n) is 13.8. The molecule has 0 fully saturated rings. The van der Waals surface area contributed by atoms with Crippen LogP contribution >= 0.6 is 12.6 Å². The Morgan fingerprint density at radius 3 is 2.16 bits per heavy atom. The molecule has 0 aliphatic heterocycles. The number of aromatic amines is 1. The second-order valence-electron chi connectivity index (χ2n) is 5.09. The summed E-state index contributed by atoms with van der Waals surface area (Å²) in [6.45, 7) is 0. The van der Waals surface area contributed by atoms with Gasteiger partial charge in [-0.3, -0.25) is 5.10 Å². The van der Waals surface area contributed by atoms with E-state index in [0.717, 1.165) is 0 Å². The average molecular weight is 361 g/mol. The molecule has 0 atom stereocenters. The van der Waals surface area contributed by atoms with Crippen molar-refractivity contribution in [2.45, 2.75) is 5.16 Å². The molecule has 0 saturated carbocycles. The van der Waals surface area contributed by atoms with Gasteiger partial charge in [0.15, 0.2) is 17.3 Å². The van der Waals surface area contributed by atoms with Crippen LogP contribution in [0.15, 0.2) is 35.5 Å². The molecule has 0 aliphatic rings. The van der Waals surface area contributed by atoms with Gasteiger partial charge in [-0.25, -0.2) is 9.37 Å². The molecule has 0 spiro atoms. The van der Waals surface area contributed by atoms with Crippen LogP contribution in [-0.2, 0) is 0 Å². The van der Waals surface area contributed by atoms with E-state index in [1.807, 2.05) is 0 Å². The summed E-state index contributed by atoms with van der Waals surface area (Å²) in [7, 11) is 4.54. The monoisotopic (exact) mass is 361 g/mol. The lowest BCUT2D eigenvalue weighted by atomic mass is 10.0. The van der Waals surface area contributed by atoms with Crippen molar-refractivity contribution in [2.24, 2.45) is 0 Å². The SMILES string of the molecule is COc1cc(-c2cc(-c3nc(S)n[nH]3)ccc2F)cc(OC)c1OC. The van der Waals surface area contributed by atoms with Gasteiger partial charge in [0.05, 0.1) is 21.3 Å². The van der Waals surface area contributed by atoms with Crippen molar-refractivity contribution in [1.29, 1.82) is 0 Å². The molecule has 25 heavy (non-hydrogen) atoms. The molecule has 3 aromatic rings. The van der Waals surface area contributed by atoms with Gasteiger partial charge >= 0.3 is 0 Å². The normalized spacial score (nSPS) is 10.6. The highest BCUT2D eigenvalue weighted by Crippen LogP contribution is 2.42. The van der Waals surface area contributed by atoms with Crippen molar-refractivity contribution >= 4 is 12.6 Å². The van der Waals surface area contributed by atoms with Crippen molar-refractivity contribution in [3.63, 3.8) is 0 Å². The first-order valence-electron chi connectivity index (χ1n) is 7.29. The van der Waals surface area contributed by atoms with Gasteiger partial charge in [-0.05, 0) is 35.9 Å². The lowest BCUT2D eigenvalue weighted by Gasteiger charge is -2.15. The highest BCUT2D eigenvalue weighted by molar-refractivity contribution is 7.80. The Balaban J connectivity index is 2.15. The summed E-state index contributed by atoms with van der Waals surface area (Å²) in [6, 6.07) is 8.03. The summed E-state index contributed by atoms with van der Waals surface area (Å²) in [5.41, 5.74) is 1.63. The Kier molecular flexibility index (Phi) is 4.80. The fourth-order valence-electron chi connectivity index (χ4n) is 2.51. The third-order valence-electron chi connectivity index (χ3n) is 3.69. The Bertz CT molecular complexity index is 889. The zero-order chi connectivity index (χ0) is 18.0. The first-order chi connectivity index (χ1) is 12.1. The molecule has 0 radical (unpaired) electrons. The van der Waals surface area contributed by atoms with Crippen LogP contribution in [0.3, 0.4) is 0 Å². The van der Waals surface area contributed by atoms with Crippen LogP contribution in [0.5, 0.6) is 17.2 Å². The van der Waals surface area contributed by atoms with Gasteiger partial charge in [-0.15, -0.1) is 17.7 Å². The molecular formula is C17H16FN3O3S. The van der Waals surface area contributed by atoms with Gasteiger partial charge in [0.1, 0.15) is 5.82 Å². The second kappa shape index (κ2) is 7.02. The topological polar surface area (TPSA) is 69.3 Å². The summed E-state index contributed by atoms with van der Waals surface area (Å²) < 4.78 is 30.4. The number of ether oxygens (including phenoxy) is 3. The van der Waals surface area contributed by atoms with Crippen molar-refractivity contribution in [1.82, 2.24) is 15.2 Å². The lowest BCUT2D eigenvalue weighted by molar-refractivity contribution is 0.324. The zero-order valence-corrected chi connectivity index (χ0v) is 14.7. The van der Waals surface area contributed by atoms with Crippen LogP contribution in [-0.4, -0.2) is 36.5 Å². The van der Waals surface area contributed by atoms with E-state index < -0.39 is 0 Å². The lowest BCUT2D eigenvalue weighted by Crippen LogP contribution is -1.96. The molecule has 0 unspecified atom stereocenters. The standard InChI is InChI=1S/C17H16FN3O3S/c1-22-13-7-10(8-14(23-2)15(13)24-3)11-6-9(4-5-12(11)18)16-19-17(25)21-20-16/h4-8H,1-3H3,(H2,19,20,21,25). The number of nitrogens with one attached hydrogen (secondary N) is 1. The Hall–Kier alpha value is -2.74. The maximum atomic E-state index is 14.5. The number of hydrogen-bond donors (Lipinski definition) is 2. The molecule has 3 rings (SSSR count). The molecule has 1 heterocycles. The Morgan fingerprint density at radius 1 is 0.960 bits per heavy atom. The van der Waals surface area contributed by atoms with Gasteiger partial charge in [-0.1, -0.05) is 0 Å². The van der Waals surface area contributed by atoms with Crippen LogP contribution < -0.4 is 14.2 Å². The minimum Gasteiger partial charge on any atom is -0.493 e. The van der Waals surface area contributed by atoms with Crippen LogP contribution in [0.4, 0.5) is 4.39 Å². The number of benzene rings is 2. The summed E-state index contributed by atoms with van der Waals surface area (Å²) in [5.74, 6) is 1.44. The summed E-state index contributed by atoms with van der Waals surface area (Å²) >= 11 is 4.07. The van der Waals surface area contributed by atoms with Crippen molar-refractivity contribution in [3.05, 3.63) is 36.1 Å². The molecular weight excluding hydrogens is 345 g/mol. The van der Waals surface area contributed by atoms with E-state index in [9.17, 15) is 4.39 Å². The largest absolute Gasteiger partial charge is 0.493 e. The van der Waals surface area contributed by atoms with Gasteiger partial charge in [-0.2, -0.15) is 0 Å². The van der Waals surface area contributed by atoms with E-state index in [1.165, 1.54) is 27.4 Å². The molecule has 2 aromatic carbocycles. The van der Waals surface area contributed by atoms with Crippen molar-refractivity contribution in [3.8, 4) is 39.8 Å². The predicted octanol–water partition coefficient (Wildman–Crippen LogP) is 3.59. The van der Waals surface area contributed by atoms with E-state index in [2.05, 4.69) is 27.8 Å². The molecule has 0 saturated heterocycles. The first-order valence-corrected chi connectivity index (χ1v) is 7.73. The van der Waals surface area contributed by atoms with E-state index >= 15 is 0 Å². The van der Waals surface area contributed by atoms with Gasteiger partial charge in [0.25, 0.3) is 0 Å². The van der Waals surface area contributed by atoms with E-state index in [0.29, 0.717) is 44.9 Å². The van der Waals surface area contributed by atoms with Gasteiger partial charge in [0.2, 0.25) is 10.9 Å². The molecule has 8 heteroatoms. The maximum absolute atomic E-state index is 14.5. The smallest absolute Gasteiger partial charge is 0.205 e. The number of thiol groups is 1. The predicted molar refractivity (Wildman–Crippen MR) is 94.1 cm³/mol. The van der Waals surface area contributed by atoms with Crippen molar-refractivity contribution < 1.29 is 18.6 Å². The quantitative estimate of drug-likeness (QED) is 0.680. The van der Waals surface area contributed by atoms with Crippen LogP contribution in [0, 0.1) is 5.82 Å².